The van der Waals surface area contributed by atoms with E-state index in [-0.39, 0.29) is 50.5 Å². The monoisotopic (exact) mass is 286 g/mol. The molecule has 14 heavy (non-hydrogen) atoms. The summed E-state index contributed by atoms with van der Waals surface area (Å²) in [4.78, 5) is 0. The molecule has 0 unspecified atom stereocenters. The maximum absolute atomic E-state index is 9.56. The van der Waals surface area contributed by atoms with E-state index in [9.17, 15) is 5.11 Å². The van der Waals surface area contributed by atoms with Crippen molar-refractivity contribution in [2.24, 2.45) is 5.92 Å². The van der Waals surface area contributed by atoms with Gasteiger partial charge < -0.3 is 16.0 Å². The van der Waals surface area contributed by atoms with Crippen LogP contribution in [0.4, 0.5) is 0 Å². The van der Waals surface area contributed by atoms with Gasteiger partial charge in [-0.15, -0.1) is 0 Å². The molecule has 3 radical (unpaired) electrons. The van der Waals surface area contributed by atoms with Crippen LogP contribution in [0.25, 0.3) is 0 Å². The van der Waals surface area contributed by atoms with Gasteiger partial charge in [0.25, 0.3) is 0 Å². The maximum Gasteiger partial charge on any atom is 0.183 e. The summed E-state index contributed by atoms with van der Waals surface area (Å²) in [6.45, 7) is 7.11. The van der Waals surface area contributed by atoms with Crippen molar-refractivity contribution in [3.8, 4) is 0 Å². The van der Waals surface area contributed by atoms with Crippen LogP contribution in [-0.2, 0) is 37.1 Å². The molecule has 1 saturated carbocycles. The summed E-state index contributed by atoms with van der Waals surface area (Å²) in [5.74, 6) is 0.256. The molecule has 77 valence electrons. The molecule has 0 heterocycles. The van der Waals surface area contributed by atoms with E-state index in [0.29, 0.717) is 6.61 Å². The summed E-state index contributed by atoms with van der Waals surface area (Å²) in [5, 5.41) is 9.56. The van der Waals surface area contributed by atoms with Crippen LogP contribution >= 0.6 is 0 Å². The topological polar surface area (TPSA) is 29.5 Å². The molecular formula is C9H18BO2SiY-. The van der Waals surface area contributed by atoms with Crippen LogP contribution in [0.1, 0.15) is 6.42 Å². The standard InChI is InChI=1S/C9H18BO2Si.Y/c1-13(2,3)12-6-7-4-8(10)5-9(7)11;/h5,7-9,11H,4,6H2,1-3H3;/q-1;/t7-,8-,9-;/m1./s1. The van der Waals surface area contributed by atoms with Crippen molar-refractivity contribution < 1.29 is 42.2 Å². The zero-order valence-electron chi connectivity index (χ0n) is 9.23. The summed E-state index contributed by atoms with van der Waals surface area (Å²) in [5.41, 5.74) is 0. The molecular weight excluding hydrogens is 268 g/mol. The van der Waals surface area contributed by atoms with E-state index < -0.39 is 8.32 Å². The van der Waals surface area contributed by atoms with Crippen molar-refractivity contribution in [3.05, 3.63) is 6.42 Å². The van der Waals surface area contributed by atoms with E-state index in [1.54, 1.807) is 6.42 Å². The Morgan fingerprint density at radius 1 is 1.50 bits per heavy atom. The van der Waals surface area contributed by atoms with Gasteiger partial charge in [0.05, 0.1) is 0 Å². The van der Waals surface area contributed by atoms with Crippen molar-refractivity contribution in [1.82, 2.24) is 0 Å². The van der Waals surface area contributed by atoms with Crippen LogP contribution in [0, 0.1) is 12.3 Å². The first kappa shape index (κ1) is 15.3. The first-order valence-corrected chi connectivity index (χ1v) is 8.22. The van der Waals surface area contributed by atoms with Gasteiger partial charge in [0.2, 0.25) is 0 Å². The van der Waals surface area contributed by atoms with E-state index in [2.05, 4.69) is 19.6 Å². The molecule has 0 saturated heterocycles. The molecule has 0 bridgehead atoms. The third kappa shape index (κ3) is 5.41. The molecule has 0 aromatic rings. The molecule has 1 aliphatic carbocycles. The Morgan fingerprint density at radius 2 is 2.07 bits per heavy atom. The zero-order chi connectivity index (χ0) is 10.1. The molecule has 1 N–H and O–H groups in total. The molecule has 1 aliphatic rings. The van der Waals surface area contributed by atoms with Crippen LogP contribution in [0.3, 0.4) is 0 Å². The van der Waals surface area contributed by atoms with Gasteiger partial charge in [-0.1, -0.05) is 12.5 Å². The summed E-state index contributed by atoms with van der Waals surface area (Å²) >= 11 is 0. The largest absolute Gasteiger partial charge is 0.425 e. The first-order chi connectivity index (χ1) is 5.88. The normalized spacial score (nSPS) is 32.7. The molecule has 0 amide bonds. The van der Waals surface area contributed by atoms with Crippen molar-refractivity contribution in [1.29, 1.82) is 0 Å². The molecule has 1 fully saturated rings. The average Bonchev–Trinajstić information content (AvgIpc) is 2.24. The second kappa shape index (κ2) is 6.14. The van der Waals surface area contributed by atoms with Gasteiger partial charge in [-0.2, -0.15) is 5.82 Å². The van der Waals surface area contributed by atoms with Crippen molar-refractivity contribution in [2.75, 3.05) is 6.61 Å². The van der Waals surface area contributed by atoms with Crippen molar-refractivity contribution >= 4 is 16.2 Å². The zero-order valence-corrected chi connectivity index (χ0v) is 13.1. The Kier molecular flexibility index (Phi) is 6.72. The van der Waals surface area contributed by atoms with Crippen LogP contribution in [0.2, 0.25) is 25.5 Å². The van der Waals surface area contributed by atoms with Gasteiger partial charge in [0, 0.05) is 47.2 Å². The SMILES string of the molecule is [B][C@H]1[CH-][C@@H](O)[C@@H](CO[Si](C)(C)C)C1.[Y]. The molecule has 0 spiro atoms. The van der Waals surface area contributed by atoms with Crippen LogP contribution in [-0.4, -0.2) is 34.0 Å². The summed E-state index contributed by atoms with van der Waals surface area (Å²) < 4.78 is 5.74. The Labute approximate surface area is 115 Å². The van der Waals surface area contributed by atoms with E-state index in [4.69, 9.17) is 12.3 Å². The third-order valence-electron chi connectivity index (χ3n) is 2.23. The average molecular weight is 286 g/mol. The Balaban J connectivity index is 0.00000169. The van der Waals surface area contributed by atoms with Crippen molar-refractivity contribution in [2.45, 2.75) is 38.0 Å². The van der Waals surface area contributed by atoms with Gasteiger partial charge in [0.15, 0.2) is 8.32 Å². The Bertz CT molecular complexity index is 175. The minimum absolute atomic E-state index is 0. The van der Waals surface area contributed by atoms with Gasteiger partial charge in [-0.05, 0) is 25.6 Å². The Hall–Kier alpha value is 1.31. The number of rotatable bonds is 3. The van der Waals surface area contributed by atoms with Crippen LogP contribution in [0.15, 0.2) is 0 Å². The number of aliphatic hydroxyl groups is 1. The van der Waals surface area contributed by atoms with Gasteiger partial charge in [-0.25, -0.2) is 0 Å². The second-order valence-electron chi connectivity index (χ2n) is 4.77. The van der Waals surface area contributed by atoms with E-state index >= 15 is 0 Å². The minimum atomic E-state index is -1.44. The van der Waals surface area contributed by atoms with Crippen LogP contribution < -0.4 is 0 Å². The number of aliphatic hydroxyl groups excluding tert-OH is 1. The minimum Gasteiger partial charge on any atom is -0.425 e. The molecule has 3 atom stereocenters. The third-order valence-corrected chi connectivity index (χ3v) is 3.27. The number of hydrogen-bond acceptors (Lipinski definition) is 2. The molecule has 2 nitrogen and oxygen atoms in total. The smallest absolute Gasteiger partial charge is 0.183 e. The van der Waals surface area contributed by atoms with Gasteiger partial charge in [-0.3, -0.25) is 0 Å². The first-order valence-electron chi connectivity index (χ1n) is 4.81. The number of hydrogen-bond donors (Lipinski definition) is 1. The summed E-state index contributed by atoms with van der Waals surface area (Å²) in [6.07, 6.45) is 2.29. The maximum atomic E-state index is 9.56. The van der Waals surface area contributed by atoms with Crippen molar-refractivity contribution in [3.63, 3.8) is 0 Å². The van der Waals surface area contributed by atoms with Gasteiger partial charge >= 0.3 is 0 Å². The molecule has 0 aromatic heterocycles. The molecule has 0 aromatic carbocycles. The van der Waals surface area contributed by atoms with E-state index in [1.165, 1.54) is 0 Å². The Morgan fingerprint density at radius 3 is 2.43 bits per heavy atom. The predicted molar refractivity (Wildman–Crippen MR) is 57.2 cm³/mol. The fraction of sp³-hybridized carbons (Fsp3) is 0.889. The predicted octanol–water partition coefficient (Wildman–Crippen LogP) is 1.38. The summed E-state index contributed by atoms with van der Waals surface area (Å²) in [7, 11) is 4.25. The quantitative estimate of drug-likeness (QED) is 0.627. The molecule has 5 heteroatoms. The van der Waals surface area contributed by atoms with E-state index in [1.807, 2.05) is 0 Å². The van der Waals surface area contributed by atoms with Crippen LogP contribution in [0.5, 0.6) is 0 Å². The fourth-order valence-electron chi connectivity index (χ4n) is 1.50. The van der Waals surface area contributed by atoms with Gasteiger partial charge in [0.1, 0.15) is 0 Å². The van der Waals surface area contributed by atoms with E-state index in [0.717, 1.165) is 6.42 Å². The fourth-order valence-corrected chi connectivity index (χ4v) is 2.22. The molecule has 1 rings (SSSR count). The summed E-state index contributed by atoms with van der Waals surface area (Å²) in [6, 6.07) is 0. The molecule has 0 aliphatic heterocycles. The second-order valence-corrected chi connectivity index (χ2v) is 9.28.